The molecule has 0 spiro atoms. The van der Waals surface area contributed by atoms with E-state index in [1.807, 2.05) is 21.7 Å². The van der Waals surface area contributed by atoms with Crippen LogP contribution in [0.3, 0.4) is 0 Å². The summed E-state index contributed by atoms with van der Waals surface area (Å²) >= 11 is 1.59. The molecule has 0 unspecified atom stereocenters. The van der Waals surface area contributed by atoms with Crippen LogP contribution in [0, 0.1) is 5.92 Å². The minimum Gasteiger partial charge on any atom is -0.350 e. The van der Waals surface area contributed by atoms with Crippen molar-refractivity contribution in [2.75, 3.05) is 19.6 Å². The molecule has 1 saturated heterocycles. The van der Waals surface area contributed by atoms with Crippen LogP contribution in [0.2, 0.25) is 0 Å². The van der Waals surface area contributed by atoms with Gasteiger partial charge in [0.15, 0.2) is 0 Å². The normalized spacial score (nSPS) is 16.7. The molecular weight excluding hydrogens is 376 g/mol. The molecule has 0 radical (unpaired) electrons. The number of aromatic nitrogens is 4. The summed E-state index contributed by atoms with van der Waals surface area (Å²) in [5, 5.41) is 14.0. The Morgan fingerprint density at radius 2 is 2.29 bits per heavy atom. The molecule has 0 saturated carbocycles. The lowest BCUT2D eigenvalue weighted by Gasteiger charge is -2.32. The first-order valence-corrected chi connectivity index (χ1v) is 10.1. The van der Waals surface area contributed by atoms with Crippen LogP contribution in [-0.4, -0.2) is 56.5 Å². The summed E-state index contributed by atoms with van der Waals surface area (Å²) in [6.07, 6.45) is 6.33. The molecular formula is C19H20N6O2S. The lowest BCUT2D eigenvalue weighted by atomic mass is 9.97. The van der Waals surface area contributed by atoms with Gasteiger partial charge in [0.1, 0.15) is 11.4 Å². The fourth-order valence-electron chi connectivity index (χ4n) is 3.32. The Morgan fingerprint density at radius 1 is 1.36 bits per heavy atom. The minimum absolute atomic E-state index is 0.0565. The molecule has 0 aliphatic carbocycles. The maximum Gasteiger partial charge on any atom is 0.271 e. The molecule has 0 bridgehead atoms. The average Bonchev–Trinajstić information content (AvgIpc) is 3.44. The van der Waals surface area contributed by atoms with E-state index in [4.69, 9.17) is 0 Å². The highest BCUT2D eigenvalue weighted by Crippen LogP contribution is 2.22. The van der Waals surface area contributed by atoms with Gasteiger partial charge in [0, 0.05) is 43.0 Å². The van der Waals surface area contributed by atoms with Crippen LogP contribution in [0.25, 0.3) is 11.3 Å². The number of hydrogen-bond acceptors (Lipinski definition) is 6. The van der Waals surface area contributed by atoms with E-state index >= 15 is 0 Å². The fourth-order valence-corrected chi connectivity index (χ4v) is 3.97. The van der Waals surface area contributed by atoms with Crippen molar-refractivity contribution < 1.29 is 9.59 Å². The van der Waals surface area contributed by atoms with Crippen molar-refractivity contribution >= 4 is 23.2 Å². The molecule has 144 valence electrons. The highest BCUT2D eigenvalue weighted by atomic mass is 32.1. The Bertz CT molecular complexity index is 941. The number of nitrogens with one attached hydrogen (secondary N) is 2. The van der Waals surface area contributed by atoms with Gasteiger partial charge < -0.3 is 10.2 Å². The Balaban J connectivity index is 1.34. The molecule has 4 heterocycles. The van der Waals surface area contributed by atoms with Crippen LogP contribution < -0.4 is 5.32 Å². The molecule has 1 aliphatic rings. The fraction of sp³-hybridized carbons (Fsp3) is 0.316. The van der Waals surface area contributed by atoms with E-state index in [2.05, 4.69) is 25.5 Å². The van der Waals surface area contributed by atoms with E-state index in [9.17, 15) is 9.59 Å². The molecule has 8 nitrogen and oxygen atoms in total. The van der Waals surface area contributed by atoms with E-state index in [0.29, 0.717) is 31.0 Å². The third-order valence-electron chi connectivity index (χ3n) is 4.78. The summed E-state index contributed by atoms with van der Waals surface area (Å²) in [5.41, 5.74) is 2.56. The quantitative estimate of drug-likeness (QED) is 0.688. The largest absolute Gasteiger partial charge is 0.350 e. The molecule has 0 aromatic carbocycles. The maximum absolute atomic E-state index is 12.8. The number of piperidine rings is 1. The molecule has 9 heteroatoms. The van der Waals surface area contributed by atoms with E-state index in [1.54, 1.807) is 17.4 Å². The number of carbonyl (C=O) groups is 2. The number of H-pyrrole nitrogens is 1. The topological polar surface area (TPSA) is 104 Å². The van der Waals surface area contributed by atoms with Crippen LogP contribution in [0.4, 0.5) is 0 Å². The van der Waals surface area contributed by atoms with E-state index in [-0.39, 0.29) is 17.7 Å². The molecule has 2 amide bonds. The lowest BCUT2D eigenvalue weighted by Crippen LogP contribution is -2.43. The smallest absolute Gasteiger partial charge is 0.271 e. The molecule has 1 aliphatic heterocycles. The zero-order valence-corrected chi connectivity index (χ0v) is 16.0. The predicted molar refractivity (Wildman–Crippen MR) is 105 cm³/mol. The van der Waals surface area contributed by atoms with Crippen molar-refractivity contribution in [3.63, 3.8) is 0 Å². The van der Waals surface area contributed by atoms with E-state index in [0.717, 1.165) is 24.1 Å². The average molecular weight is 396 g/mol. The van der Waals surface area contributed by atoms with Gasteiger partial charge in [0.25, 0.3) is 11.8 Å². The Kier molecular flexibility index (Phi) is 5.43. The zero-order chi connectivity index (χ0) is 19.3. The van der Waals surface area contributed by atoms with Gasteiger partial charge in [0.05, 0.1) is 11.9 Å². The summed E-state index contributed by atoms with van der Waals surface area (Å²) in [5.74, 6) is -0.0953. The molecule has 2 N–H and O–H groups in total. The second kappa shape index (κ2) is 8.30. The number of likely N-dealkylation sites (tertiary alicyclic amines) is 1. The van der Waals surface area contributed by atoms with Gasteiger partial charge in [-0.3, -0.25) is 19.7 Å². The van der Waals surface area contributed by atoms with Crippen molar-refractivity contribution in [1.29, 1.82) is 0 Å². The van der Waals surface area contributed by atoms with E-state index < -0.39 is 0 Å². The number of hydrogen-bond donors (Lipinski definition) is 2. The first-order valence-electron chi connectivity index (χ1n) is 9.12. The Morgan fingerprint density at radius 3 is 3.07 bits per heavy atom. The molecule has 3 aromatic heterocycles. The van der Waals surface area contributed by atoms with Crippen LogP contribution in [0.5, 0.6) is 0 Å². The first-order chi connectivity index (χ1) is 13.7. The van der Waals surface area contributed by atoms with Gasteiger partial charge >= 0.3 is 0 Å². The third-order valence-corrected chi connectivity index (χ3v) is 5.46. The van der Waals surface area contributed by atoms with Crippen molar-refractivity contribution in [1.82, 2.24) is 30.4 Å². The number of amides is 2. The van der Waals surface area contributed by atoms with Crippen LogP contribution in [-0.2, 0) is 0 Å². The SMILES string of the molecule is O=C(NC[C@H]1CCCN(C(=O)c2cc(-c3ccsc3)n[nH]2)C1)c1cnccn1. The highest BCUT2D eigenvalue weighted by Gasteiger charge is 2.26. The lowest BCUT2D eigenvalue weighted by molar-refractivity contribution is 0.0665. The van der Waals surface area contributed by atoms with Crippen LogP contribution in [0.15, 0.2) is 41.5 Å². The summed E-state index contributed by atoms with van der Waals surface area (Å²) in [6.45, 7) is 1.81. The van der Waals surface area contributed by atoms with Gasteiger partial charge in [-0.1, -0.05) is 0 Å². The Hall–Kier alpha value is -3.07. The van der Waals surface area contributed by atoms with Crippen LogP contribution >= 0.6 is 11.3 Å². The number of carbonyl (C=O) groups excluding carboxylic acids is 2. The van der Waals surface area contributed by atoms with Gasteiger partial charge in [-0.25, -0.2) is 4.98 Å². The second-order valence-electron chi connectivity index (χ2n) is 6.74. The molecule has 4 rings (SSSR count). The molecule has 3 aromatic rings. The molecule has 1 atom stereocenters. The van der Waals surface area contributed by atoms with Crippen LogP contribution in [0.1, 0.15) is 33.8 Å². The predicted octanol–water partition coefficient (Wildman–Crippen LogP) is 2.21. The van der Waals surface area contributed by atoms with Gasteiger partial charge in [-0.2, -0.15) is 16.4 Å². The monoisotopic (exact) mass is 396 g/mol. The van der Waals surface area contributed by atoms with Crippen molar-refractivity contribution in [2.24, 2.45) is 5.92 Å². The number of aromatic amines is 1. The van der Waals surface area contributed by atoms with Gasteiger partial charge in [0.2, 0.25) is 0 Å². The van der Waals surface area contributed by atoms with Crippen molar-refractivity contribution in [3.05, 3.63) is 52.9 Å². The zero-order valence-electron chi connectivity index (χ0n) is 15.2. The standard InChI is InChI=1S/C19H20N6O2S/c26-18(17-10-20-4-5-21-17)22-9-13-2-1-6-25(11-13)19(27)16-8-15(23-24-16)14-3-7-28-12-14/h3-5,7-8,10,12-13H,1-2,6,9,11H2,(H,22,26)(H,23,24)/t13-/m1/s1. The summed E-state index contributed by atoms with van der Waals surface area (Å²) in [7, 11) is 0. The third kappa shape index (κ3) is 4.09. The van der Waals surface area contributed by atoms with Gasteiger partial charge in [-0.05, 0) is 36.3 Å². The highest BCUT2D eigenvalue weighted by molar-refractivity contribution is 7.08. The number of thiophene rings is 1. The summed E-state index contributed by atoms with van der Waals surface area (Å²) < 4.78 is 0. The van der Waals surface area contributed by atoms with E-state index in [1.165, 1.54) is 18.6 Å². The number of nitrogens with zero attached hydrogens (tertiary/aromatic N) is 4. The van der Waals surface area contributed by atoms with Gasteiger partial charge in [-0.15, -0.1) is 0 Å². The maximum atomic E-state index is 12.8. The second-order valence-corrected chi connectivity index (χ2v) is 7.52. The molecule has 1 fully saturated rings. The minimum atomic E-state index is -0.245. The van der Waals surface area contributed by atoms with Crippen molar-refractivity contribution in [2.45, 2.75) is 12.8 Å². The Labute approximate surface area is 166 Å². The van der Waals surface area contributed by atoms with Crippen molar-refractivity contribution in [3.8, 4) is 11.3 Å². The first kappa shape index (κ1) is 18.3. The summed E-state index contributed by atoms with van der Waals surface area (Å²) in [6, 6.07) is 3.77. The molecule has 28 heavy (non-hydrogen) atoms. The number of rotatable bonds is 5. The summed E-state index contributed by atoms with van der Waals surface area (Å²) in [4.78, 5) is 34.7.